The predicted molar refractivity (Wildman–Crippen MR) is 82.7 cm³/mol. The SMILES string of the molecule is O=C(NCCCn1cncn1)c1cccnc1N1CCCC1. The van der Waals surface area contributed by atoms with E-state index in [0.29, 0.717) is 12.1 Å². The van der Waals surface area contributed by atoms with E-state index in [2.05, 4.69) is 25.3 Å². The van der Waals surface area contributed by atoms with Gasteiger partial charge in [-0.3, -0.25) is 9.48 Å². The highest BCUT2D eigenvalue weighted by Gasteiger charge is 2.20. The molecule has 1 N–H and O–H groups in total. The molecule has 0 spiro atoms. The lowest BCUT2D eigenvalue weighted by Gasteiger charge is -2.19. The Kier molecular flexibility index (Phi) is 4.62. The van der Waals surface area contributed by atoms with Crippen molar-refractivity contribution in [2.24, 2.45) is 0 Å². The zero-order valence-corrected chi connectivity index (χ0v) is 12.5. The molecule has 22 heavy (non-hydrogen) atoms. The summed E-state index contributed by atoms with van der Waals surface area (Å²) in [6.45, 7) is 3.30. The number of amides is 1. The Labute approximate surface area is 129 Å². The van der Waals surface area contributed by atoms with E-state index in [1.165, 1.54) is 6.33 Å². The lowest BCUT2D eigenvalue weighted by atomic mass is 10.2. The molecule has 0 atom stereocenters. The molecule has 0 saturated carbocycles. The van der Waals surface area contributed by atoms with Crippen LogP contribution in [0.5, 0.6) is 0 Å². The molecule has 0 aromatic carbocycles. The van der Waals surface area contributed by atoms with Gasteiger partial charge in [-0.2, -0.15) is 5.10 Å². The summed E-state index contributed by atoms with van der Waals surface area (Å²) in [7, 11) is 0. The van der Waals surface area contributed by atoms with E-state index in [0.717, 1.165) is 44.7 Å². The van der Waals surface area contributed by atoms with Crippen LogP contribution in [-0.2, 0) is 6.54 Å². The van der Waals surface area contributed by atoms with Gasteiger partial charge in [-0.25, -0.2) is 9.97 Å². The quantitative estimate of drug-likeness (QED) is 0.808. The second-order valence-corrected chi connectivity index (χ2v) is 5.34. The average Bonchev–Trinajstić information content (AvgIpc) is 3.24. The summed E-state index contributed by atoms with van der Waals surface area (Å²) in [4.78, 5) is 22.8. The summed E-state index contributed by atoms with van der Waals surface area (Å²) < 4.78 is 1.76. The summed E-state index contributed by atoms with van der Waals surface area (Å²) in [5, 5.41) is 6.99. The van der Waals surface area contributed by atoms with Gasteiger partial charge in [-0.1, -0.05) is 0 Å². The fourth-order valence-corrected chi connectivity index (χ4v) is 2.64. The number of nitrogens with one attached hydrogen (secondary N) is 1. The van der Waals surface area contributed by atoms with Gasteiger partial charge < -0.3 is 10.2 Å². The van der Waals surface area contributed by atoms with Crippen LogP contribution >= 0.6 is 0 Å². The Morgan fingerprint density at radius 1 is 1.32 bits per heavy atom. The average molecular weight is 300 g/mol. The van der Waals surface area contributed by atoms with E-state index < -0.39 is 0 Å². The van der Waals surface area contributed by atoms with Crippen molar-refractivity contribution in [2.45, 2.75) is 25.8 Å². The minimum absolute atomic E-state index is 0.0615. The van der Waals surface area contributed by atoms with E-state index in [4.69, 9.17) is 0 Å². The summed E-state index contributed by atoms with van der Waals surface area (Å²) >= 11 is 0. The lowest BCUT2D eigenvalue weighted by molar-refractivity contribution is 0.0953. The Bertz CT molecular complexity index is 606. The third-order valence-electron chi connectivity index (χ3n) is 3.75. The van der Waals surface area contributed by atoms with Gasteiger partial charge in [-0.05, 0) is 31.4 Å². The number of pyridine rings is 1. The number of carbonyl (C=O) groups excluding carboxylic acids is 1. The highest BCUT2D eigenvalue weighted by molar-refractivity contribution is 5.98. The molecule has 7 nitrogen and oxygen atoms in total. The van der Waals surface area contributed by atoms with Crippen molar-refractivity contribution in [3.05, 3.63) is 36.5 Å². The van der Waals surface area contributed by atoms with Gasteiger partial charge in [0, 0.05) is 32.4 Å². The van der Waals surface area contributed by atoms with Crippen LogP contribution < -0.4 is 10.2 Å². The van der Waals surface area contributed by atoms with E-state index in [-0.39, 0.29) is 5.91 Å². The molecular formula is C15H20N6O. The van der Waals surface area contributed by atoms with Crippen molar-refractivity contribution < 1.29 is 4.79 Å². The van der Waals surface area contributed by atoms with Gasteiger partial charge in [-0.15, -0.1) is 0 Å². The van der Waals surface area contributed by atoms with Crippen molar-refractivity contribution in [1.82, 2.24) is 25.1 Å². The van der Waals surface area contributed by atoms with Crippen LogP contribution in [0.25, 0.3) is 0 Å². The van der Waals surface area contributed by atoms with Crippen LogP contribution in [0.15, 0.2) is 31.0 Å². The second kappa shape index (κ2) is 7.02. The molecule has 1 aliphatic rings. The third kappa shape index (κ3) is 3.41. The number of nitrogens with zero attached hydrogens (tertiary/aromatic N) is 5. The molecule has 0 radical (unpaired) electrons. The maximum atomic E-state index is 12.4. The molecule has 3 rings (SSSR count). The molecule has 3 heterocycles. The minimum Gasteiger partial charge on any atom is -0.356 e. The third-order valence-corrected chi connectivity index (χ3v) is 3.75. The molecule has 1 saturated heterocycles. The number of carbonyl (C=O) groups is 1. The Hall–Kier alpha value is -2.44. The van der Waals surface area contributed by atoms with Gasteiger partial charge in [0.25, 0.3) is 5.91 Å². The molecule has 1 fully saturated rings. The summed E-state index contributed by atoms with van der Waals surface area (Å²) in [5.41, 5.74) is 0.658. The van der Waals surface area contributed by atoms with Crippen LogP contribution in [0, 0.1) is 0 Å². The topological polar surface area (TPSA) is 75.9 Å². The highest BCUT2D eigenvalue weighted by atomic mass is 16.1. The standard InChI is InChI=1S/C15H20N6O/c22-15(18-7-4-10-21-12-16-11-19-21)13-5-3-6-17-14(13)20-8-1-2-9-20/h3,5-6,11-12H,1-2,4,7-10H2,(H,18,22). The van der Waals surface area contributed by atoms with Crippen molar-refractivity contribution in [3.63, 3.8) is 0 Å². The van der Waals surface area contributed by atoms with Crippen LogP contribution in [0.3, 0.4) is 0 Å². The van der Waals surface area contributed by atoms with Gasteiger partial charge in [0.2, 0.25) is 0 Å². The van der Waals surface area contributed by atoms with Crippen molar-refractivity contribution in [1.29, 1.82) is 0 Å². The van der Waals surface area contributed by atoms with Crippen LogP contribution in [0.2, 0.25) is 0 Å². The smallest absolute Gasteiger partial charge is 0.255 e. The first-order valence-electron chi connectivity index (χ1n) is 7.65. The number of rotatable bonds is 6. The van der Waals surface area contributed by atoms with Crippen LogP contribution in [-0.4, -0.2) is 45.3 Å². The predicted octanol–water partition coefficient (Wildman–Crippen LogP) is 1.09. The molecule has 7 heteroatoms. The maximum absolute atomic E-state index is 12.4. The maximum Gasteiger partial charge on any atom is 0.255 e. The highest BCUT2D eigenvalue weighted by Crippen LogP contribution is 2.21. The first kappa shape index (κ1) is 14.5. The summed E-state index contributed by atoms with van der Waals surface area (Å²) in [5.74, 6) is 0.738. The summed E-state index contributed by atoms with van der Waals surface area (Å²) in [6, 6.07) is 3.65. The molecule has 1 aliphatic heterocycles. The Morgan fingerprint density at radius 2 is 2.18 bits per heavy atom. The number of aromatic nitrogens is 4. The fourth-order valence-electron chi connectivity index (χ4n) is 2.64. The molecule has 116 valence electrons. The zero-order chi connectivity index (χ0) is 15.2. The molecule has 2 aromatic rings. The normalized spacial score (nSPS) is 14.3. The van der Waals surface area contributed by atoms with E-state index in [1.54, 1.807) is 17.2 Å². The lowest BCUT2D eigenvalue weighted by Crippen LogP contribution is -2.29. The van der Waals surface area contributed by atoms with Gasteiger partial charge >= 0.3 is 0 Å². The minimum atomic E-state index is -0.0615. The van der Waals surface area contributed by atoms with Crippen LogP contribution in [0.1, 0.15) is 29.6 Å². The van der Waals surface area contributed by atoms with Crippen molar-refractivity contribution >= 4 is 11.7 Å². The number of aryl methyl sites for hydroxylation is 1. The van der Waals surface area contributed by atoms with E-state index >= 15 is 0 Å². The van der Waals surface area contributed by atoms with Crippen LogP contribution in [0.4, 0.5) is 5.82 Å². The zero-order valence-electron chi connectivity index (χ0n) is 12.5. The van der Waals surface area contributed by atoms with Gasteiger partial charge in [0.1, 0.15) is 18.5 Å². The molecule has 0 unspecified atom stereocenters. The Balaban J connectivity index is 1.55. The first-order chi connectivity index (χ1) is 10.8. The summed E-state index contributed by atoms with van der Waals surface area (Å²) in [6.07, 6.45) is 8.07. The number of hydrogen-bond donors (Lipinski definition) is 1. The van der Waals surface area contributed by atoms with Crippen molar-refractivity contribution in [3.8, 4) is 0 Å². The first-order valence-corrected chi connectivity index (χ1v) is 7.65. The van der Waals surface area contributed by atoms with Gasteiger partial charge in [0.05, 0.1) is 5.56 Å². The fraction of sp³-hybridized carbons (Fsp3) is 0.467. The van der Waals surface area contributed by atoms with E-state index in [9.17, 15) is 4.79 Å². The number of anilines is 1. The van der Waals surface area contributed by atoms with Gasteiger partial charge in [0.15, 0.2) is 0 Å². The largest absolute Gasteiger partial charge is 0.356 e. The molecule has 0 bridgehead atoms. The number of hydrogen-bond acceptors (Lipinski definition) is 5. The van der Waals surface area contributed by atoms with Crippen molar-refractivity contribution in [2.75, 3.05) is 24.5 Å². The monoisotopic (exact) mass is 300 g/mol. The molecule has 1 amide bonds. The molecular weight excluding hydrogens is 280 g/mol. The molecule has 2 aromatic heterocycles. The Morgan fingerprint density at radius 3 is 2.95 bits per heavy atom. The second-order valence-electron chi connectivity index (χ2n) is 5.34. The molecule has 0 aliphatic carbocycles. The van der Waals surface area contributed by atoms with E-state index in [1.807, 2.05) is 12.1 Å².